The fraction of sp³-hybridized carbons (Fsp3) is 0.160. The maximum atomic E-state index is 8.36. The van der Waals surface area contributed by atoms with Crippen LogP contribution in [0.15, 0.2) is 77.4 Å². The van der Waals surface area contributed by atoms with Crippen LogP contribution in [0.25, 0.3) is 22.1 Å². The van der Waals surface area contributed by atoms with Crippen molar-refractivity contribution < 1.29 is 19.1 Å². The average Bonchev–Trinajstić information content (AvgIpc) is 3.20. The van der Waals surface area contributed by atoms with Gasteiger partial charge in [-0.25, -0.2) is 0 Å². The first-order valence-corrected chi connectivity index (χ1v) is 9.78. The van der Waals surface area contributed by atoms with Crippen LogP contribution in [0.3, 0.4) is 0 Å². The number of carboxylic acid groups (broad SMARTS) is 1. The number of hydrogen-bond acceptors (Lipinski definition) is 4. The molecule has 0 fully saturated rings. The van der Waals surface area contributed by atoms with Gasteiger partial charge in [0.25, 0.3) is 6.47 Å². The first kappa shape index (κ1) is 21.1. The number of benzene rings is 3. The maximum absolute atomic E-state index is 8.36. The van der Waals surface area contributed by atoms with Crippen LogP contribution >= 0.6 is 0 Å². The van der Waals surface area contributed by atoms with E-state index in [1.165, 1.54) is 5.56 Å². The molecule has 3 aromatic carbocycles. The Morgan fingerprint density at radius 3 is 2.53 bits per heavy atom. The lowest BCUT2D eigenvalue weighted by atomic mass is 10.0. The van der Waals surface area contributed by atoms with E-state index >= 15 is 0 Å². The van der Waals surface area contributed by atoms with Crippen molar-refractivity contribution in [3.63, 3.8) is 0 Å². The topological polar surface area (TPSA) is 85.7 Å². The molecule has 0 unspecified atom stereocenters. The number of furan rings is 1. The highest BCUT2D eigenvalue weighted by molar-refractivity contribution is 5.86. The molecule has 4 rings (SSSR count). The summed E-state index contributed by atoms with van der Waals surface area (Å²) in [7, 11) is 0. The van der Waals surface area contributed by atoms with E-state index < -0.39 is 0 Å². The fourth-order valence-corrected chi connectivity index (χ4v) is 3.34. The summed E-state index contributed by atoms with van der Waals surface area (Å²) in [5, 5.41) is 7.97. The van der Waals surface area contributed by atoms with E-state index in [2.05, 4.69) is 37.3 Å². The van der Waals surface area contributed by atoms with Gasteiger partial charge in [-0.3, -0.25) is 4.79 Å². The summed E-state index contributed by atoms with van der Waals surface area (Å²) in [6.45, 7) is 2.91. The number of nitrogens with two attached hydrogens (primary N) is 1. The minimum absolute atomic E-state index is 0.250. The Kier molecular flexibility index (Phi) is 7.24. The molecule has 0 saturated carbocycles. The molecule has 154 valence electrons. The molecule has 30 heavy (non-hydrogen) atoms. The zero-order valence-corrected chi connectivity index (χ0v) is 16.9. The van der Waals surface area contributed by atoms with Crippen molar-refractivity contribution >= 4 is 17.4 Å². The lowest BCUT2D eigenvalue weighted by Crippen LogP contribution is -1.97. The summed E-state index contributed by atoms with van der Waals surface area (Å²) >= 11 is 0. The fourth-order valence-electron chi connectivity index (χ4n) is 3.34. The number of carbonyl (C=O) groups is 1. The van der Waals surface area contributed by atoms with E-state index in [1.54, 1.807) is 6.26 Å². The number of fused-ring (bicyclic) bond motifs is 1. The van der Waals surface area contributed by atoms with E-state index in [4.69, 9.17) is 24.8 Å². The highest BCUT2D eigenvalue weighted by atomic mass is 16.5. The van der Waals surface area contributed by atoms with E-state index in [1.807, 2.05) is 36.4 Å². The van der Waals surface area contributed by atoms with Crippen molar-refractivity contribution in [1.82, 2.24) is 0 Å². The van der Waals surface area contributed by atoms with E-state index in [9.17, 15) is 0 Å². The van der Waals surface area contributed by atoms with Gasteiger partial charge < -0.3 is 20.0 Å². The zero-order chi connectivity index (χ0) is 21.3. The van der Waals surface area contributed by atoms with Gasteiger partial charge >= 0.3 is 0 Å². The molecule has 0 radical (unpaired) electrons. The Labute approximate surface area is 175 Å². The monoisotopic (exact) mass is 403 g/mol. The average molecular weight is 403 g/mol. The second-order valence-corrected chi connectivity index (χ2v) is 6.73. The van der Waals surface area contributed by atoms with Crippen LogP contribution in [0.1, 0.15) is 23.6 Å². The van der Waals surface area contributed by atoms with Crippen molar-refractivity contribution in [2.75, 3.05) is 0 Å². The van der Waals surface area contributed by atoms with Gasteiger partial charge in [0, 0.05) is 17.5 Å². The van der Waals surface area contributed by atoms with Crippen LogP contribution in [-0.4, -0.2) is 11.6 Å². The van der Waals surface area contributed by atoms with Crippen molar-refractivity contribution in [3.05, 3.63) is 89.7 Å². The Morgan fingerprint density at radius 2 is 1.77 bits per heavy atom. The van der Waals surface area contributed by atoms with Gasteiger partial charge in [-0.15, -0.1) is 0 Å². The highest BCUT2D eigenvalue weighted by Gasteiger charge is 2.10. The van der Waals surface area contributed by atoms with Crippen LogP contribution in [0.5, 0.6) is 5.75 Å². The number of rotatable bonds is 6. The van der Waals surface area contributed by atoms with Crippen molar-refractivity contribution in [2.45, 2.75) is 26.5 Å². The highest BCUT2D eigenvalue weighted by Crippen LogP contribution is 2.29. The number of hydrogen-bond donors (Lipinski definition) is 2. The molecule has 0 atom stereocenters. The molecule has 0 aliphatic heterocycles. The van der Waals surface area contributed by atoms with Gasteiger partial charge in [-0.1, -0.05) is 49.4 Å². The van der Waals surface area contributed by atoms with Crippen molar-refractivity contribution in [2.24, 2.45) is 5.73 Å². The van der Waals surface area contributed by atoms with Crippen molar-refractivity contribution in [1.29, 1.82) is 0 Å². The van der Waals surface area contributed by atoms with E-state index in [-0.39, 0.29) is 6.47 Å². The molecule has 0 spiro atoms. The molecule has 4 aromatic rings. The predicted molar refractivity (Wildman–Crippen MR) is 118 cm³/mol. The van der Waals surface area contributed by atoms with Gasteiger partial charge in [0.1, 0.15) is 17.9 Å². The Hall–Kier alpha value is -3.57. The SMILES string of the molecule is CCc1ccccc1OCc1coc2ccc(-c3cccc(CN)c3)cc12.O=CO. The molecule has 5 heteroatoms. The number of aryl methyl sites for hydroxylation is 1. The molecule has 5 nitrogen and oxygen atoms in total. The molecule has 1 heterocycles. The van der Waals surface area contributed by atoms with Crippen LogP contribution < -0.4 is 10.5 Å². The van der Waals surface area contributed by atoms with Gasteiger partial charge in [0.15, 0.2) is 0 Å². The molecular formula is C25H25NO4. The lowest BCUT2D eigenvalue weighted by molar-refractivity contribution is -0.122. The molecular weight excluding hydrogens is 378 g/mol. The van der Waals surface area contributed by atoms with Gasteiger partial charge in [0.2, 0.25) is 0 Å². The first-order chi connectivity index (χ1) is 14.7. The minimum atomic E-state index is -0.250. The normalized spacial score (nSPS) is 10.3. The second-order valence-electron chi connectivity index (χ2n) is 6.73. The smallest absolute Gasteiger partial charge is 0.290 e. The Bertz CT molecular complexity index is 1120. The second kappa shape index (κ2) is 10.3. The van der Waals surface area contributed by atoms with Gasteiger partial charge in [-0.05, 0) is 52.9 Å². The molecule has 3 N–H and O–H groups in total. The molecule has 0 bridgehead atoms. The lowest BCUT2D eigenvalue weighted by Gasteiger charge is -2.09. The summed E-state index contributed by atoms with van der Waals surface area (Å²) in [4.78, 5) is 8.36. The third-order valence-electron chi connectivity index (χ3n) is 4.89. The Balaban J connectivity index is 0.000000806. The number of ether oxygens (including phenoxy) is 1. The maximum Gasteiger partial charge on any atom is 0.290 e. The van der Waals surface area contributed by atoms with Gasteiger partial charge in [-0.2, -0.15) is 0 Å². The summed E-state index contributed by atoms with van der Waals surface area (Å²) in [5.41, 5.74) is 12.3. The summed E-state index contributed by atoms with van der Waals surface area (Å²) in [6, 6.07) is 22.8. The van der Waals surface area contributed by atoms with Crippen molar-refractivity contribution in [3.8, 4) is 16.9 Å². The molecule has 0 aliphatic rings. The van der Waals surface area contributed by atoms with Crippen LogP contribution in [0.2, 0.25) is 0 Å². The minimum Gasteiger partial charge on any atom is -0.488 e. The van der Waals surface area contributed by atoms with E-state index in [0.29, 0.717) is 13.2 Å². The molecule has 0 aliphatic carbocycles. The molecule has 0 saturated heterocycles. The molecule has 1 aromatic heterocycles. The third kappa shape index (κ3) is 4.88. The largest absolute Gasteiger partial charge is 0.488 e. The summed E-state index contributed by atoms with van der Waals surface area (Å²) in [5.74, 6) is 0.932. The van der Waals surface area contributed by atoms with Crippen LogP contribution in [-0.2, 0) is 24.4 Å². The summed E-state index contributed by atoms with van der Waals surface area (Å²) < 4.78 is 11.8. The first-order valence-electron chi connectivity index (χ1n) is 9.78. The van der Waals surface area contributed by atoms with Crippen LogP contribution in [0.4, 0.5) is 0 Å². The van der Waals surface area contributed by atoms with E-state index in [0.717, 1.165) is 45.4 Å². The predicted octanol–water partition coefficient (Wildman–Crippen LogP) is 5.40. The molecule has 0 amide bonds. The third-order valence-corrected chi connectivity index (χ3v) is 4.89. The standard InChI is InChI=1S/C24H23NO2.CH2O2/c1-2-18-7-3-4-9-23(18)26-15-21-16-27-24-11-10-20(13-22(21)24)19-8-5-6-17(12-19)14-25;2-1-3/h3-13,16H,2,14-15,25H2,1H3;1H,(H,2,3). The summed E-state index contributed by atoms with van der Waals surface area (Å²) in [6.07, 6.45) is 2.74. The Morgan fingerprint density at radius 1 is 1.00 bits per heavy atom. The zero-order valence-electron chi connectivity index (χ0n) is 16.9. The quantitative estimate of drug-likeness (QED) is 0.421. The number of para-hydroxylation sites is 1. The van der Waals surface area contributed by atoms with Gasteiger partial charge in [0.05, 0.1) is 6.26 Å². The van der Waals surface area contributed by atoms with Crippen LogP contribution in [0, 0.1) is 0 Å².